The summed E-state index contributed by atoms with van der Waals surface area (Å²) in [5.74, 6) is -0.394. The van der Waals surface area contributed by atoms with Crippen molar-refractivity contribution in [3.05, 3.63) is 71.6 Å². The highest BCUT2D eigenvalue weighted by atomic mass is 32.1. The average molecular weight is 411 g/mol. The minimum absolute atomic E-state index is 0.108. The van der Waals surface area contributed by atoms with Crippen molar-refractivity contribution in [2.75, 3.05) is 11.9 Å². The number of hydrogen-bond donors (Lipinski definition) is 4. The number of H-pyrrole nitrogens is 1. The van der Waals surface area contributed by atoms with Crippen LogP contribution in [0.2, 0.25) is 0 Å². The molecule has 0 radical (unpaired) electrons. The van der Waals surface area contributed by atoms with E-state index in [9.17, 15) is 9.18 Å². The number of nitrogens with two attached hydrogens (primary N) is 1. The number of fused-ring (bicyclic) bond motifs is 1. The number of amides is 1. The number of carbonyl (C=O) groups excluding carboxylic acids is 1. The van der Waals surface area contributed by atoms with Crippen molar-refractivity contribution in [2.45, 2.75) is 6.04 Å². The summed E-state index contributed by atoms with van der Waals surface area (Å²) in [5.41, 5.74) is 8.55. The lowest BCUT2D eigenvalue weighted by Gasteiger charge is -2.17. The molecule has 4 rings (SSSR count). The minimum Gasteiger partial charge on any atom is -0.397 e. The van der Waals surface area contributed by atoms with E-state index in [1.807, 2.05) is 23.6 Å². The molecule has 1 amide bonds. The second kappa shape index (κ2) is 8.29. The number of thiophene rings is 1. The molecule has 3 heterocycles. The molecule has 148 valence electrons. The molecule has 0 saturated heterocycles. The van der Waals surface area contributed by atoms with E-state index >= 15 is 0 Å². The summed E-state index contributed by atoms with van der Waals surface area (Å²) in [5, 5.41) is 9.07. The van der Waals surface area contributed by atoms with Crippen molar-refractivity contribution >= 4 is 39.8 Å². The highest BCUT2D eigenvalue weighted by Gasteiger charge is 2.17. The number of halogens is 1. The molecule has 0 saturated carbocycles. The second-order valence-electron chi connectivity index (χ2n) is 6.22. The first-order valence-corrected chi connectivity index (χ1v) is 9.72. The topological polar surface area (TPSA) is 105 Å². The number of benzene rings is 1. The van der Waals surface area contributed by atoms with E-state index < -0.39 is 18.0 Å². The Labute approximate surface area is 169 Å². The fourth-order valence-corrected chi connectivity index (χ4v) is 3.64. The van der Waals surface area contributed by atoms with Crippen LogP contribution >= 0.6 is 11.3 Å². The number of anilines is 2. The summed E-state index contributed by atoms with van der Waals surface area (Å²) >= 11 is 1.28. The standard InChI is InChI=1S/C20H18FN5O2S/c21-13-3-1-2-12(10-13)17(11-22)26-20(27)28-19-16(6-9-29-19)25-15-5-8-24-18-14(15)4-7-23-18/h1-10,17H,11,22H2,(H,26,27)(H2,23,24,25). The molecular weight excluding hydrogens is 393 g/mol. The molecule has 0 aliphatic rings. The fourth-order valence-electron chi connectivity index (χ4n) is 2.94. The Hall–Kier alpha value is -3.43. The minimum atomic E-state index is -0.670. The summed E-state index contributed by atoms with van der Waals surface area (Å²) in [4.78, 5) is 19.7. The number of rotatable bonds is 6. The molecule has 7 nitrogen and oxygen atoms in total. The van der Waals surface area contributed by atoms with Gasteiger partial charge in [-0.1, -0.05) is 12.1 Å². The van der Waals surface area contributed by atoms with E-state index in [-0.39, 0.29) is 6.54 Å². The van der Waals surface area contributed by atoms with E-state index in [4.69, 9.17) is 10.5 Å². The number of aromatic nitrogens is 2. The van der Waals surface area contributed by atoms with Crippen LogP contribution in [0.4, 0.5) is 20.6 Å². The van der Waals surface area contributed by atoms with Crippen molar-refractivity contribution in [1.82, 2.24) is 15.3 Å². The van der Waals surface area contributed by atoms with E-state index in [1.54, 1.807) is 24.5 Å². The SMILES string of the molecule is NCC(NC(=O)Oc1sccc1Nc1ccnc2[nH]ccc12)c1cccc(F)c1. The molecule has 0 aliphatic heterocycles. The van der Waals surface area contributed by atoms with Gasteiger partial charge in [0.25, 0.3) is 0 Å². The van der Waals surface area contributed by atoms with Crippen LogP contribution in [-0.2, 0) is 0 Å². The summed E-state index contributed by atoms with van der Waals surface area (Å²) in [7, 11) is 0. The fraction of sp³-hybridized carbons (Fsp3) is 0.100. The van der Waals surface area contributed by atoms with Gasteiger partial charge < -0.3 is 26.1 Å². The van der Waals surface area contributed by atoms with Crippen LogP contribution in [-0.4, -0.2) is 22.6 Å². The first-order valence-electron chi connectivity index (χ1n) is 8.84. The zero-order chi connectivity index (χ0) is 20.2. The van der Waals surface area contributed by atoms with Gasteiger partial charge in [-0.3, -0.25) is 0 Å². The summed E-state index contributed by atoms with van der Waals surface area (Å²) in [6.07, 6.45) is 2.82. The molecule has 0 bridgehead atoms. The van der Waals surface area contributed by atoms with Crippen LogP contribution < -0.4 is 21.1 Å². The molecule has 1 unspecified atom stereocenters. The van der Waals surface area contributed by atoms with Gasteiger partial charge in [0.15, 0.2) is 0 Å². The molecule has 9 heteroatoms. The first kappa shape index (κ1) is 18.9. The third kappa shape index (κ3) is 4.20. The second-order valence-corrected chi connectivity index (χ2v) is 7.10. The van der Waals surface area contributed by atoms with Crippen LogP contribution in [0, 0.1) is 5.82 Å². The lowest BCUT2D eigenvalue weighted by molar-refractivity contribution is 0.198. The van der Waals surface area contributed by atoms with Gasteiger partial charge in [0.05, 0.1) is 17.4 Å². The Morgan fingerprint density at radius 2 is 2.17 bits per heavy atom. The van der Waals surface area contributed by atoms with Gasteiger partial charge in [0, 0.05) is 24.3 Å². The molecule has 4 aromatic rings. The number of nitrogens with zero attached hydrogens (tertiary/aromatic N) is 1. The number of aromatic amines is 1. The van der Waals surface area contributed by atoms with Gasteiger partial charge in [-0.25, -0.2) is 14.2 Å². The molecule has 1 atom stereocenters. The Kier molecular flexibility index (Phi) is 5.41. The van der Waals surface area contributed by atoms with Crippen molar-refractivity contribution in [2.24, 2.45) is 5.73 Å². The van der Waals surface area contributed by atoms with Crippen LogP contribution in [0.1, 0.15) is 11.6 Å². The third-order valence-corrected chi connectivity index (χ3v) is 5.11. The molecule has 0 aliphatic carbocycles. The number of ether oxygens (including phenoxy) is 1. The number of carbonyl (C=O) groups is 1. The Bertz CT molecular complexity index is 1140. The van der Waals surface area contributed by atoms with Crippen LogP contribution in [0.15, 0.2) is 60.2 Å². The number of hydrogen-bond acceptors (Lipinski definition) is 6. The largest absolute Gasteiger partial charge is 0.414 e. The van der Waals surface area contributed by atoms with Crippen LogP contribution in [0.25, 0.3) is 11.0 Å². The van der Waals surface area contributed by atoms with Gasteiger partial charge in [0.1, 0.15) is 11.5 Å². The predicted octanol–water partition coefficient (Wildman–Crippen LogP) is 4.30. The number of nitrogens with one attached hydrogen (secondary N) is 3. The summed E-state index contributed by atoms with van der Waals surface area (Å²) < 4.78 is 18.9. The van der Waals surface area contributed by atoms with Gasteiger partial charge in [-0.15, -0.1) is 11.3 Å². The monoisotopic (exact) mass is 411 g/mol. The van der Waals surface area contributed by atoms with E-state index in [0.717, 1.165) is 16.7 Å². The third-order valence-electron chi connectivity index (χ3n) is 4.32. The lowest BCUT2D eigenvalue weighted by Crippen LogP contribution is -2.35. The molecule has 0 fully saturated rings. The maximum absolute atomic E-state index is 13.5. The zero-order valence-electron chi connectivity index (χ0n) is 15.2. The zero-order valence-corrected chi connectivity index (χ0v) is 16.0. The van der Waals surface area contributed by atoms with Gasteiger partial charge in [-0.05, 0) is 41.3 Å². The Morgan fingerprint density at radius 3 is 3.00 bits per heavy atom. The van der Waals surface area contributed by atoms with E-state index in [2.05, 4.69) is 20.6 Å². The summed E-state index contributed by atoms with van der Waals surface area (Å²) in [6.45, 7) is 0.108. The van der Waals surface area contributed by atoms with Crippen molar-refractivity contribution in [3.63, 3.8) is 0 Å². The molecule has 1 aromatic carbocycles. The molecule has 0 spiro atoms. The first-order chi connectivity index (χ1) is 14.1. The highest BCUT2D eigenvalue weighted by Crippen LogP contribution is 2.35. The van der Waals surface area contributed by atoms with Gasteiger partial charge in [0.2, 0.25) is 5.06 Å². The Balaban J connectivity index is 1.47. The highest BCUT2D eigenvalue weighted by molar-refractivity contribution is 7.12. The van der Waals surface area contributed by atoms with Crippen molar-refractivity contribution in [3.8, 4) is 5.06 Å². The summed E-state index contributed by atoms with van der Waals surface area (Å²) in [6, 6.07) is 10.9. The van der Waals surface area contributed by atoms with Crippen LogP contribution in [0.5, 0.6) is 5.06 Å². The Morgan fingerprint density at radius 1 is 1.28 bits per heavy atom. The predicted molar refractivity (Wildman–Crippen MR) is 111 cm³/mol. The lowest BCUT2D eigenvalue weighted by atomic mass is 10.1. The van der Waals surface area contributed by atoms with Crippen molar-refractivity contribution in [1.29, 1.82) is 0 Å². The maximum atomic E-state index is 13.5. The molecular formula is C20H18FN5O2S. The average Bonchev–Trinajstić information content (AvgIpc) is 3.36. The smallest absolute Gasteiger partial charge is 0.397 e. The molecule has 3 aromatic heterocycles. The quantitative estimate of drug-likeness (QED) is 0.379. The molecule has 29 heavy (non-hydrogen) atoms. The molecule has 5 N–H and O–H groups in total. The van der Waals surface area contributed by atoms with Crippen LogP contribution in [0.3, 0.4) is 0 Å². The van der Waals surface area contributed by atoms with E-state index in [1.165, 1.54) is 23.5 Å². The van der Waals surface area contributed by atoms with Crippen molar-refractivity contribution < 1.29 is 13.9 Å². The number of pyridine rings is 1. The van der Waals surface area contributed by atoms with Gasteiger partial charge >= 0.3 is 6.09 Å². The maximum Gasteiger partial charge on any atom is 0.414 e. The normalized spacial score (nSPS) is 11.9. The van der Waals surface area contributed by atoms with Gasteiger partial charge in [-0.2, -0.15) is 0 Å². The van der Waals surface area contributed by atoms with E-state index in [0.29, 0.717) is 16.3 Å².